The maximum Gasteiger partial charge on any atom is 0.319 e. The minimum absolute atomic E-state index is 0.0255. The first kappa shape index (κ1) is 14.6. The first-order valence-corrected chi connectivity index (χ1v) is 6.53. The van der Waals surface area contributed by atoms with Gasteiger partial charge in [0.1, 0.15) is 12.4 Å². The average Bonchev–Trinajstić information content (AvgIpc) is 2.29. The van der Waals surface area contributed by atoms with E-state index in [-0.39, 0.29) is 6.03 Å². The molecule has 0 aromatic rings. The Morgan fingerprint density at radius 1 is 1.44 bits per heavy atom. The second-order valence-electron chi connectivity index (χ2n) is 4.63. The number of rotatable bonds is 6. The summed E-state index contributed by atoms with van der Waals surface area (Å²) in [6, 6.07) is 0.0255. The fourth-order valence-electron chi connectivity index (χ4n) is 1.84. The topological polar surface area (TPSA) is 32.8 Å². The molecule has 0 spiro atoms. The van der Waals surface area contributed by atoms with Crippen LogP contribution in [0.5, 0.6) is 0 Å². The van der Waals surface area contributed by atoms with Crippen molar-refractivity contribution in [3.63, 3.8) is 0 Å². The Kier molecular flexibility index (Phi) is 5.75. The fourth-order valence-corrected chi connectivity index (χ4v) is 1.84. The number of allylic oxidation sites excluding steroid dienone is 2. The monoisotopic (exact) mass is 252 g/mol. The van der Waals surface area contributed by atoms with Crippen LogP contribution >= 0.6 is 0 Å². The number of urea groups is 1. The maximum absolute atomic E-state index is 11.8. The van der Waals surface area contributed by atoms with Crippen molar-refractivity contribution in [2.45, 2.75) is 26.2 Å². The molecule has 0 aromatic carbocycles. The van der Waals surface area contributed by atoms with Crippen LogP contribution in [0.2, 0.25) is 0 Å². The van der Waals surface area contributed by atoms with Crippen molar-refractivity contribution >= 4 is 6.03 Å². The van der Waals surface area contributed by atoms with Gasteiger partial charge in [-0.3, -0.25) is 0 Å². The lowest BCUT2D eigenvalue weighted by atomic mass is 9.91. The summed E-state index contributed by atoms with van der Waals surface area (Å²) in [5.41, 5.74) is 1.35. The lowest BCUT2D eigenvalue weighted by Gasteiger charge is -2.26. The van der Waals surface area contributed by atoms with Crippen LogP contribution in [0.15, 0.2) is 24.0 Å². The highest BCUT2D eigenvalue weighted by Crippen LogP contribution is 2.29. The second-order valence-corrected chi connectivity index (χ2v) is 4.63. The van der Waals surface area contributed by atoms with E-state index in [1.54, 1.807) is 30.0 Å². The van der Waals surface area contributed by atoms with Crippen LogP contribution in [-0.4, -0.2) is 49.6 Å². The third-order valence-corrected chi connectivity index (χ3v) is 3.14. The van der Waals surface area contributed by atoms with Gasteiger partial charge >= 0.3 is 6.03 Å². The van der Waals surface area contributed by atoms with E-state index >= 15 is 0 Å². The molecule has 1 saturated carbocycles. The normalized spacial score (nSPS) is 13.6. The molecule has 4 nitrogen and oxygen atoms in total. The van der Waals surface area contributed by atoms with Crippen LogP contribution in [0.1, 0.15) is 26.2 Å². The molecular formula is C14H24N2O2. The van der Waals surface area contributed by atoms with Crippen LogP contribution in [0.4, 0.5) is 4.79 Å². The predicted octanol–water partition coefficient (Wildman–Crippen LogP) is 2.63. The zero-order chi connectivity index (χ0) is 13.5. The maximum atomic E-state index is 11.8. The summed E-state index contributed by atoms with van der Waals surface area (Å²) in [4.78, 5) is 15.1. The van der Waals surface area contributed by atoms with E-state index in [4.69, 9.17) is 4.74 Å². The molecule has 1 rings (SSSR count). The van der Waals surface area contributed by atoms with Crippen molar-refractivity contribution in [2.24, 2.45) is 0 Å². The summed E-state index contributed by atoms with van der Waals surface area (Å²) >= 11 is 0. The summed E-state index contributed by atoms with van der Waals surface area (Å²) in [5, 5.41) is 0. The van der Waals surface area contributed by atoms with E-state index in [1.165, 1.54) is 12.0 Å². The summed E-state index contributed by atoms with van der Waals surface area (Å²) in [6.07, 6.45) is 5.26. The van der Waals surface area contributed by atoms with Gasteiger partial charge in [-0.05, 0) is 37.8 Å². The molecule has 0 radical (unpaired) electrons. The molecule has 1 aliphatic rings. The van der Waals surface area contributed by atoms with Crippen molar-refractivity contribution in [1.29, 1.82) is 0 Å². The van der Waals surface area contributed by atoms with Crippen LogP contribution in [0.25, 0.3) is 0 Å². The Hall–Kier alpha value is -1.45. The summed E-state index contributed by atoms with van der Waals surface area (Å²) in [6.45, 7) is 7.58. The quantitative estimate of drug-likeness (QED) is 0.681. The van der Waals surface area contributed by atoms with E-state index in [9.17, 15) is 4.79 Å². The highest BCUT2D eigenvalue weighted by Gasteiger charge is 2.16. The number of carbonyl (C=O) groups is 1. The Bertz CT molecular complexity index is 329. The Morgan fingerprint density at radius 3 is 2.50 bits per heavy atom. The Morgan fingerprint density at radius 2 is 2.11 bits per heavy atom. The molecule has 102 valence electrons. The minimum atomic E-state index is 0.0255. The van der Waals surface area contributed by atoms with Gasteiger partial charge in [0.15, 0.2) is 0 Å². The van der Waals surface area contributed by atoms with Crippen molar-refractivity contribution in [1.82, 2.24) is 9.80 Å². The molecule has 2 amide bonds. The van der Waals surface area contributed by atoms with Gasteiger partial charge in [-0.15, -0.1) is 0 Å². The molecule has 0 saturated heterocycles. The molecule has 1 fully saturated rings. The fraction of sp³-hybridized carbons (Fsp3) is 0.643. The highest BCUT2D eigenvalue weighted by molar-refractivity contribution is 5.73. The van der Waals surface area contributed by atoms with Crippen LogP contribution in [0.3, 0.4) is 0 Å². The van der Waals surface area contributed by atoms with Crippen molar-refractivity contribution < 1.29 is 9.53 Å². The molecule has 18 heavy (non-hydrogen) atoms. The van der Waals surface area contributed by atoms with Gasteiger partial charge in [-0.2, -0.15) is 0 Å². The van der Waals surface area contributed by atoms with E-state index in [2.05, 4.69) is 6.58 Å². The molecule has 0 N–H and O–H groups in total. The number of carbonyl (C=O) groups excluding carboxylic acids is 1. The SMILES string of the molecule is C=CC(OCCN(CC)C(=O)N(C)C)=C1CCC1. The van der Waals surface area contributed by atoms with E-state index in [1.807, 2.05) is 6.92 Å². The van der Waals surface area contributed by atoms with E-state index in [0.717, 1.165) is 18.6 Å². The molecule has 4 heteroatoms. The van der Waals surface area contributed by atoms with Crippen LogP contribution in [-0.2, 0) is 4.74 Å². The van der Waals surface area contributed by atoms with Crippen molar-refractivity contribution in [3.05, 3.63) is 24.0 Å². The second kappa shape index (κ2) is 7.09. The van der Waals surface area contributed by atoms with Gasteiger partial charge in [0.05, 0.1) is 6.54 Å². The van der Waals surface area contributed by atoms with Gasteiger partial charge in [-0.25, -0.2) is 4.79 Å². The molecule has 0 heterocycles. The van der Waals surface area contributed by atoms with Gasteiger partial charge in [0, 0.05) is 20.6 Å². The number of hydrogen-bond donors (Lipinski definition) is 0. The summed E-state index contributed by atoms with van der Waals surface area (Å²) in [7, 11) is 3.52. The minimum Gasteiger partial charge on any atom is -0.492 e. The average molecular weight is 252 g/mol. The number of likely N-dealkylation sites (N-methyl/N-ethyl adjacent to an activating group) is 1. The predicted molar refractivity (Wildman–Crippen MR) is 73.4 cm³/mol. The standard InChI is InChI=1S/C14H24N2O2/c1-5-13(12-8-7-9-12)18-11-10-16(6-2)14(17)15(3)4/h5H,1,6-11H2,2-4H3. The van der Waals surface area contributed by atoms with E-state index in [0.29, 0.717) is 19.7 Å². The molecular weight excluding hydrogens is 228 g/mol. The van der Waals surface area contributed by atoms with Gasteiger partial charge in [0.2, 0.25) is 0 Å². The number of amides is 2. The van der Waals surface area contributed by atoms with Gasteiger partial charge < -0.3 is 14.5 Å². The number of nitrogens with zero attached hydrogens (tertiary/aromatic N) is 2. The summed E-state index contributed by atoms with van der Waals surface area (Å²) < 4.78 is 5.71. The zero-order valence-corrected chi connectivity index (χ0v) is 11.7. The molecule has 0 bridgehead atoms. The molecule has 0 aromatic heterocycles. The molecule has 1 aliphatic carbocycles. The summed E-state index contributed by atoms with van der Waals surface area (Å²) in [5.74, 6) is 0.912. The highest BCUT2D eigenvalue weighted by atomic mass is 16.5. The first-order chi connectivity index (χ1) is 8.60. The van der Waals surface area contributed by atoms with Crippen LogP contribution < -0.4 is 0 Å². The lowest BCUT2D eigenvalue weighted by Crippen LogP contribution is -2.40. The number of ether oxygens (including phenoxy) is 1. The van der Waals surface area contributed by atoms with Crippen molar-refractivity contribution in [2.75, 3.05) is 33.8 Å². The number of hydrogen-bond acceptors (Lipinski definition) is 2. The Labute approximate surface area is 110 Å². The largest absolute Gasteiger partial charge is 0.492 e. The molecule has 0 aliphatic heterocycles. The first-order valence-electron chi connectivity index (χ1n) is 6.53. The van der Waals surface area contributed by atoms with Crippen molar-refractivity contribution in [3.8, 4) is 0 Å². The smallest absolute Gasteiger partial charge is 0.319 e. The zero-order valence-electron chi connectivity index (χ0n) is 11.7. The van der Waals surface area contributed by atoms with E-state index < -0.39 is 0 Å². The van der Waals surface area contributed by atoms with Gasteiger partial charge in [-0.1, -0.05) is 6.58 Å². The van der Waals surface area contributed by atoms with Crippen LogP contribution in [0, 0.1) is 0 Å². The molecule has 0 unspecified atom stereocenters. The molecule has 0 atom stereocenters. The third-order valence-electron chi connectivity index (χ3n) is 3.14. The van der Waals surface area contributed by atoms with Gasteiger partial charge in [0.25, 0.3) is 0 Å². The third kappa shape index (κ3) is 3.79. The lowest BCUT2D eigenvalue weighted by molar-refractivity contribution is 0.144. The Balaban J connectivity index is 2.39.